The maximum absolute atomic E-state index is 5.78. The van der Waals surface area contributed by atoms with E-state index < -0.39 is 0 Å². The van der Waals surface area contributed by atoms with Crippen LogP contribution in [0, 0.1) is 0 Å². The second-order valence-corrected chi connectivity index (χ2v) is 13.9. The summed E-state index contributed by atoms with van der Waals surface area (Å²) in [5, 5.41) is 6.65. The van der Waals surface area contributed by atoms with Crippen LogP contribution in [0.5, 0.6) is 11.5 Å². The molecule has 268 valence electrons. The number of halogens is 2. The van der Waals surface area contributed by atoms with Gasteiger partial charge in [-0.1, -0.05) is 0 Å². The molecule has 12 nitrogen and oxygen atoms in total. The fraction of sp³-hybridized carbons (Fsp3) is 0.263. The molecule has 1 saturated heterocycles. The van der Waals surface area contributed by atoms with Gasteiger partial charge in [0.25, 0.3) is 0 Å². The molecule has 1 aliphatic heterocycles. The third kappa shape index (κ3) is 9.83. The molecule has 6 heterocycles. The number of aromatic nitrogens is 6. The van der Waals surface area contributed by atoms with Crippen molar-refractivity contribution in [3.05, 3.63) is 106 Å². The summed E-state index contributed by atoms with van der Waals surface area (Å²) in [6.07, 6.45) is 7.86. The Morgan fingerprint density at radius 3 is 1.85 bits per heavy atom. The van der Waals surface area contributed by atoms with Gasteiger partial charge in [0.1, 0.15) is 42.1 Å². The van der Waals surface area contributed by atoms with Crippen LogP contribution in [0.3, 0.4) is 0 Å². The van der Waals surface area contributed by atoms with E-state index in [1.807, 2.05) is 72.8 Å². The molecule has 1 unspecified atom stereocenters. The van der Waals surface area contributed by atoms with Gasteiger partial charge in [0.05, 0.1) is 29.9 Å². The molecule has 0 spiro atoms. The van der Waals surface area contributed by atoms with E-state index in [0.29, 0.717) is 37.2 Å². The zero-order valence-corrected chi connectivity index (χ0v) is 31.5. The lowest BCUT2D eigenvalue weighted by atomic mass is 10.2. The van der Waals surface area contributed by atoms with Gasteiger partial charge in [0, 0.05) is 58.7 Å². The van der Waals surface area contributed by atoms with Crippen molar-refractivity contribution in [1.29, 1.82) is 0 Å². The first-order valence-electron chi connectivity index (χ1n) is 17.1. The predicted octanol–water partition coefficient (Wildman–Crippen LogP) is 7.68. The normalized spacial score (nSPS) is 14.1. The van der Waals surface area contributed by atoms with Crippen molar-refractivity contribution in [2.24, 2.45) is 0 Å². The maximum atomic E-state index is 5.78. The van der Waals surface area contributed by atoms with Gasteiger partial charge in [-0.15, -0.1) is 0 Å². The molecule has 1 aliphatic rings. The Hall–Kier alpha value is -4.60. The van der Waals surface area contributed by atoms with Gasteiger partial charge < -0.3 is 39.2 Å². The van der Waals surface area contributed by atoms with E-state index in [1.165, 1.54) is 6.42 Å². The highest BCUT2D eigenvalue weighted by molar-refractivity contribution is 9.10. The van der Waals surface area contributed by atoms with Crippen molar-refractivity contribution in [3.8, 4) is 34.3 Å². The summed E-state index contributed by atoms with van der Waals surface area (Å²) in [5.74, 6) is 4.18. The van der Waals surface area contributed by atoms with E-state index in [0.717, 1.165) is 92.7 Å². The lowest BCUT2D eigenvalue weighted by Gasteiger charge is -2.11. The lowest BCUT2D eigenvalue weighted by Crippen LogP contribution is -2.29. The van der Waals surface area contributed by atoms with Gasteiger partial charge in [0.15, 0.2) is 11.3 Å². The van der Waals surface area contributed by atoms with Gasteiger partial charge in [-0.2, -0.15) is 0 Å². The van der Waals surface area contributed by atoms with Gasteiger partial charge in [0.2, 0.25) is 0 Å². The Morgan fingerprint density at radius 2 is 1.33 bits per heavy atom. The maximum Gasteiger partial charge on any atom is 0.178 e. The molecule has 2 aromatic carbocycles. The summed E-state index contributed by atoms with van der Waals surface area (Å²) >= 11 is 6.84. The third-order valence-electron chi connectivity index (χ3n) is 8.23. The second kappa shape index (κ2) is 17.8. The number of aromatic amines is 2. The van der Waals surface area contributed by atoms with Gasteiger partial charge in [-0.3, -0.25) is 0 Å². The molecule has 5 aromatic heterocycles. The minimum absolute atomic E-state index is 0.369. The molecule has 0 amide bonds. The highest BCUT2D eigenvalue weighted by Gasteiger charge is 2.14. The fourth-order valence-electron chi connectivity index (χ4n) is 5.62. The number of rotatable bonds is 14. The average Bonchev–Trinajstić information content (AvgIpc) is 4.00. The van der Waals surface area contributed by atoms with Crippen molar-refractivity contribution < 1.29 is 18.6 Å². The summed E-state index contributed by atoms with van der Waals surface area (Å²) in [6, 6.07) is 23.5. The summed E-state index contributed by atoms with van der Waals surface area (Å²) in [6.45, 7) is 5.27. The van der Waals surface area contributed by atoms with Crippen LogP contribution in [0.1, 0.15) is 18.6 Å². The molecule has 0 aliphatic carbocycles. The number of nitrogens with one attached hydrogen (secondary N) is 4. The van der Waals surface area contributed by atoms with Crippen molar-refractivity contribution in [2.75, 3.05) is 39.5 Å². The van der Waals surface area contributed by atoms with E-state index in [1.54, 1.807) is 18.7 Å². The summed E-state index contributed by atoms with van der Waals surface area (Å²) < 4.78 is 24.2. The second-order valence-electron chi connectivity index (χ2n) is 12.1. The highest BCUT2D eigenvalue weighted by Crippen LogP contribution is 2.25. The molecular weight excluding hydrogens is 792 g/mol. The van der Waals surface area contributed by atoms with Crippen molar-refractivity contribution in [2.45, 2.75) is 25.5 Å². The highest BCUT2D eigenvalue weighted by atomic mass is 79.9. The standard InChI is InChI=1S/C19H21BrN4O2.C19H17BrN4O2/c2*20-14-10-17-19(22-11-14)24-18(23-17)13-3-5-15(6-4-13)26-9-7-21-12-16-2-1-8-25-16/h3-6,10-11,16,21H,1-2,7-9,12H2,(H,22,23,24);1-6,8,10-11,21H,7,9,12H2,(H,22,23,24). The summed E-state index contributed by atoms with van der Waals surface area (Å²) in [4.78, 5) is 24.2. The molecule has 0 bridgehead atoms. The van der Waals surface area contributed by atoms with Crippen LogP contribution < -0.4 is 20.1 Å². The fourth-order valence-corrected chi connectivity index (χ4v) is 6.28. The van der Waals surface area contributed by atoms with Crippen LogP contribution in [0.2, 0.25) is 0 Å². The number of nitrogens with zero attached hydrogens (tertiary/aromatic N) is 4. The largest absolute Gasteiger partial charge is 0.492 e. The molecule has 0 radical (unpaired) electrons. The number of hydrogen-bond acceptors (Lipinski definition) is 10. The number of ether oxygens (including phenoxy) is 3. The quantitative estimate of drug-likeness (QED) is 0.0805. The molecule has 14 heteroatoms. The predicted molar refractivity (Wildman–Crippen MR) is 207 cm³/mol. The van der Waals surface area contributed by atoms with E-state index in [2.05, 4.69) is 72.4 Å². The summed E-state index contributed by atoms with van der Waals surface area (Å²) in [5.41, 5.74) is 5.21. The van der Waals surface area contributed by atoms with Crippen LogP contribution in [-0.2, 0) is 11.3 Å². The van der Waals surface area contributed by atoms with E-state index in [9.17, 15) is 0 Å². The Morgan fingerprint density at radius 1 is 0.750 bits per heavy atom. The van der Waals surface area contributed by atoms with Gasteiger partial charge in [-0.05, 0) is 117 Å². The first-order chi connectivity index (χ1) is 25.6. The monoisotopic (exact) mass is 828 g/mol. The number of imidazole rings is 2. The average molecular weight is 831 g/mol. The smallest absolute Gasteiger partial charge is 0.178 e. The van der Waals surface area contributed by atoms with Crippen LogP contribution in [0.15, 0.2) is 105 Å². The molecular formula is C38H38Br2N8O4. The molecule has 7 aromatic rings. The zero-order valence-electron chi connectivity index (χ0n) is 28.3. The molecule has 4 N–H and O–H groups in total. The first-order valence-corrected chi connectivity index (χ1v) is 18.7. The Labute approximate surface area is 317 Å². The number of fused-ring (bicyclic) bond motifs is 2. The van der Waals surface area contributed by atoms with Gasteiger partial charge in [-0.25, -0.2) is 19.9 Å². The first kappa shape index (κ1) is 35.8. The Bertz CT molecular complexity index is 2150. The van der Waals surface area contributed by atoms with Crippen molar-refractivity contribution >= 4 is 54.2 Å². The van der Waals surface area contributed by atoms with Gasteiger partial charge >= 0.3 is 0 Å². The number of hydrogen-bond donors (Lipinski definition) is 4. The topological polar surface area (TPSA) is 148 Å². The van der Waals surface area contributed by atoms with Crippen LogP contribution in [0.4, 0.5) is 0 Å². The van der Waals surface area contributed by atoms with E-state index >= 15 is 0 Å². The minimum Gasteiger partial charge on any atom is -0.492 e. The lowest BCUT2D eigenvalue weighted by molar-refractivity contribution is 0.109. The van der Waals surface area contributed by atoms with Crippen LogP contribution >= 0.6 is 31.9 Å². The molecule has 0 saturated carbocycles. The third-order valence-corrected chi connectivity index (χ3v) is 9.10. The molecule has 1 atom stereocenters. The van der Waals surface area contributed by atoms with Crippen molar-refractivity contribution in [1.82, 2.24) is 40.5 Å². The number of H-pyrrole nitrogens is 2. The zero-order chi connectivity index (χ0) is 35.5. The van der Waals surface area contributed by atoms with E-state index in [4.69, 9.17) is 18.6 Å². The Kier molecular flexibility index (Phi) is 12.2. The SMILES string of the molecule is Brc1cnc2nc(-c3ccc(OCCNCC4CCCO4)cc3)[nH]c2c1.Brc1cnc2nc(-c3ccc(OCCNCc4ccco4)cc3)[nH]c2c1. The number of pyridine rings is 2. The van der Waals surface area contributed by atoms with Crippen molar-refractivity contribution in [3.63, 3.8) is 0 Å². The number of benzene rings is 2. The number of furan rings is 1. The van der Waals surface area contributed by atoms with E-state index in [-0.39, 0.29) is 0 Å². The molecule has 1 fully saturated rings. The molecule has 8 rings (SSSR count). The minimum atomic E-state index is 0.369. The molecule has 52 heavy (non-hydrogen) atoms. The summed E-state index contributed by atoms with van der Waals surface area (Å²) in [7, 11) is 0. The Balaban J connectivity index is 0.000000162. The van der Waals surface area contributed by atoms with Crippen LogP contribution in [0.25, 0.3) is 45.1 Å². The van der Waals surface area contributed by atoms with Crippen LogP contribution in [-0.4, -0.2) is 75.5 Å².